The van der Waals surface area contributed by atoms with E-state index in [0.29, 0.717) is 17.0 Å². The second-order valence-corrected chi connectivity index (χ2v) is 3.66. The Morgan fingerprint density at radius 1 is 1.39 bits per heavy atom. The molecule has 5 nitrogen and oxygen atoms in total. The first-order valence-corrected chi connectivity index (χ1v) is 5.35. The molecule has 0 radical (unpaired) electrons. The normalized spacial score (nSPS) is 10.9. The minimum Gasteiger partial charge on any atom is -0.455 e. The molecule has 0 aliphatic rings. The third-order valence-corrected chi connectivity index (χ3v) is 2.09. The molecule has 0 N–H and O–H groups in total. The van der Waals surface area contributed by atoms with Crippen LogP contribution in [0.4, 0.5) is 0 Å². The van der Waals surface area contributed by atoms with Crippen molar-refractivity contribution in [2.45, 2.75) is 6.92 Å². The summed E-state index contributed by atoms with van der Waals surface area (Å²) < 4.78 is 10.0. The van der Waals surface area contributed by atoms with Gasteiger partial charge in [-0.25, -0.2) is 9.78 Å². The van der Waals surface area contributed by atoms with Gasteiger partial charge in [-0.15, -0.1) is 0 Å². The number of para-hydroxylation sites is 2. The molecule has 0 saturated carbocycles. The Bertz CT molecular complexity index is 579. The van der Waals surface area contributed by atoms with Crippen molar-refractivity contribution in [1.82, 2.24) is 4.98 Å². The van der Waals surface area contributed by atoms with Crippen molar-refractivity contribution in [3.63, 3.8) is 0 Å². The standard InChI is InChI=1S/C13H11NO4/c1-9(15)8-17-13(16)7-6-12-14-10-4-2-3-5-11(10)18-12/h2-7H,8H2,1H3/b7-6+. The van der Waals surface area contributed by atoms with E-state index in [4.69, 9.17) is 4.42 Å². The Kier molecular flexibility index (Phi) is 3.52. The van der Waals surface area contributed by atoms with E-state index in [0.717, 1.165) is 0 Å². The van der Waals surface area contributed by atoms with Gasteiger partial charge < -0.3 is 9.15 Å². The summed E-state index contributed by atoms with van der Waals surface area (Å²) >= 11 is 0. The van der Waals surface area contributed by atoms with E-state index in [-0.39, 0.29) is 12.4 Å². The van der Waals surface area contributed by atoms with Crippen LogP contribution in [0, 0.1) is 0 Å². The molecule has 0 fully saturated rings. The third-order valence-electron chi connectivity index (χ3n) is 2.09. The molecule has 0 aliphatic heterocycles. The van der Waals surface area contributed by atoms with Crippen molar-refractivity contribution >= 4 is 28.9 Å². The summed E-state index contributed by atoms with van der Waals surface area (Å²) in [6.07, 6.45) is 2.58. The van der Waals surface area contributed by atoms with Crippen molar-refractivity contribution in [2.75, 3.05) is 6.61 Å². The molecule has 0 amide bonds. The number of Topliss-reactive ketones (excluding diaryl/α,β-unsaturated/α-hetero) is 1. The van der Waals surface area contributed by atoms with E-state index in [2.05, 4.69) is 9.72 Å². The molecular weight excluding hydrogens is 234 g/mol. The van der Waals surface area contributed by atoms with Crippen LogP contribution in [0.3, 0.4) is 0 Å². The molecule has 0 spiro atoms. The molecule has 1 aromatic carbocycles. The van der Waals surface area contributed by atoms with Gasteiger partial charge in [0.2, 0.25) is 5.89 Å². The van der Waals surface area contributed by atoms with Crippen LogP contribution >= 0.6 is 0 Å². The van der Waals surface area contributed by atoms with Crippen molar-refractivity contribution in [3.05, 3.63) is 36.2 Å². The van der Waals surface area contributed by atoms with Gasteiger partial charge in [-0.1, -0.05) is 12.1 Å². The molecule has 2 rings (SSSR count). The molecule has 0 bridgehead atoms. The van der Waals surface area contributed by atoms with Gasteiger partial charge in [0.1, 0.15) is 12.1 Å². The first kappa shape index (κ1) is 12.0. The van der Waals surface area contributed by atoms with E-state index in [1.54, 1.807) is 6.07 Å². The summed E-state index contributed by atoms with van der Waals surface area (Å²) in [5, 5.41) is 0. The lowest BCUT2D eigenvalue weighted by atomic mass is 10.3. The Morgan fingerprint density at radius 3 is 2.89 bits per heavy atom. The van der Waals surface area contributed by atoms with Crippen LogP contribution in [0.5, 0.6) is 0 Å². The number of benzene rings is 1. The van der Waals surface area contributed by atoms with Gasteiger partial charge in [0.15, 0.2) is 11.4 Å². The number of hydrogen-bond acceptors (Lipinski definition) is 5. The number of fused-ring (bicyclic) bond motifs is 1. The maximum atomic E-state index is 11.2. The predicted molar refractivity (Wildman–Crippen MR) is 64.7 cm³/mol. The number of esters is 1. The van der Waals surface area contributed by atoms with Crippen LogP contribution in [0.15, 0.2) is 34.8 Å². The van der Waals surface area contributed by atoms with E-state index in [1.165, 1.54) is 19.1 Å². The number of carbonyl (C=O) groups excluding carboxylic acids is 2. The highest BCUT2D eigenvalue weighted by molar-refractivity contribution is 5.89. The first-order valence-electron chi connectivity index (χ1n) is 5.35. The van der Waals surface area contributed by atoms with Crippen molar-refractivity contribution < 1.29 is 18.7 Å². The molecule has 1 heterocycles. The van der Waals surface area contributed by atoms with Crippen LogP contribution in [0.2, 0.25) is 0 Å². The topological polar surface area (TPSA) is 69.4 Å². The monoisotopic (exact) mass is 245 g/mol. The van der Waals surface area contributed by atoms with Crippen molar-refractivity contribution in [3.8, 4) is 0 Å². The van der Waals surface area contributed by atoms with Gasteiger partial charge in [0.25, 0.3) is 0 Å². The summed E-state index contributed by atoms with van der Waals surface area (Å²) in [6.45, 7) is 1.12. The Labute approximate surface area is 103 Å². The van der Waals surface area contributed by atoms with Gasteiger partial charge in [0, 0.05) is 12.2 Å². The second kappa shape index (κ2) is 5.27. The summed E-state index contributed by atoms with van der Waals surface area (Å²) in [5.74, 6) is -0.498. The lowest BCUT2D eigenvalue weighted by Crippen LogP contribution is -2.08. The fourth-order valence-corrected chi connectivity index (χ4v) is 1.32. The SMILES string of the molecule is CC(=O)COC(=O)/C=C/c1nc2ccccc2o1. The van der Waals surface area contributed by atoms with Crippen molar-refractivity contribution in [1.29, 1.82) is 0 Å². The first-order chi connectivity index (χ1) is 8.65. The highest BCUT2D eigenvalue weighted by atomic mass is 16.5. The number of carbonyl (C=O) groups is 2. The predicted octanol–water partition coefficient (Wildman–Crippen LogP) is 1.97. The summed E-state index contributed by atoms with van der Waals surface area (Å²) in [5.41, 5.74) is 1.36. The zero-order valence-electron chi connectivity index (χ0n) is 9.75. The average Bonchev–Trinajstić information content (AvgIpc) is 2.76. The number of aromatic nitrogens is 1. The zero-order valence-corrected chi connectivity index (χ0v) is 9.75. The van der Waals surface area contributed by atoms with E-state index in [9.17, 15) is 9.59 Å². The molecular formula is C13H11NO4. The van der Waals surface area contributed by atoms with E-state index >= 15 is 0 Å². The minimum atomic E-state index is -0.604. The lowest BCUT2D eigenvalue weighted by molar-refractivity contribution is -0.142. The number of oxazole rings is 1. The fourth-order valence-electron chi connectivity index (χ4n) is 1.32. The molecule has 2 aromatic rings. The molecule has 0 atom stereocenters. The number of rotatable bonds is 4. The van der Waals surface area contributed by atoms with Gasteiger partial charge >= 0.3 is 5.97 Å². The van der Waals surface area contributed by atoms with Gasteiger partial charge in [-0.05, 0) is 19.1 Å². The second-order valence-electron chi connectivity index (χ2n) is 3.66. The number of ketones is 1. The molecule has 5 heteroatoms. The van der Waals surface area contributed by atoms with Gasteiger partial charge in [-0.3, -0.25) is 4.79 Å². The molecule has 0 aliphatic carbocycles. The highest BCUT2D eigenvalue weighted by Gasteiger charge is 2.03. The van der Waals surface area contributed by atoms with Crippen LogP contribution < -0.4 is 0 Å². The van der Waals surface area contributed by atoms with Gasteiger partial charge in [0.05, 0.1) is 0 Å². The van der Waals surface area contributed by atoms with Crippen LogP contribution in [-0.2, 0) is 14.3 Å². The smallest absolute Gasteiger partial charge is 0.331 e. The largest absolute Gasteiger partial charge is 0.455 e. The maximum Gasteiger partial charge on any atom is 0.331 e. The van der Waals surface area contributed by atoms with Crippen LogP contribution in [0.1, 0.15) is 12.8 Å². The van der Waals surface area contributed by atoms with E-state index in [1.807, 2.05) is 18.2 Å². The molecule has 0 saturated heterocycles. The highest BCUT2D eigenvalue weighted by Crippen LogP contribution is 2.15. The number of nitrogens with zero attached hydrogens (tertiary/aromatic N) is 1. The molecule has 18 heavy (non-hydrogen) atoms. The quantitative estimate of drug-likeness (QED) is 0.608. The number of ether oxygens (including phenoxy) is 1. The molecule has 0 unspecified atom stereocenters. The fraction of sp³-hybridized carbons (Fsp3) is 0.154. The summed E-state index contributed by atoms with van der Waals surface area (Å²) in [4.78, 5) is 26.0. The Morgan fingerprint density at radius 2 is 2.17 bits per heavy atom. The third kappa shape index (κ3) is 3.04. The average molecular weight is 245 g/mol. The van der Waals surface area contributed by atoms with Crippen LogP contribution in [-0.4, -0.2) is 23.3 Å². The van der Waals surface area contributed by atoms with E-state index < -0.39 is 5.97 Å². The van der Waals surface area contributed by atoms with Crippen LogP contribution in [0.25, 0.3) is 17.2 Å². The zero-order chi connectivity index (χ0) is 13.0. The molecule has 92 valence electrons. The van der Waals surface area contributed by atoms with Crippen molar-refractivity contribution in [2.24, 2.45) is 0 Å². The summed E-state index contributed by atoms with van der Waals surface area (Å²) in [7, 11) is 0. The maximum absolute atomic E-state index is 11.2. The van der Waals surface area contributed by atoms with Gasteiger partial charge in [-0.2, -0.15) is 0 Å². The Hall–Kier alpha value is -2.43. The Balaban J connectivity index is 2.04. The lowest BCUT2D eigenvalue weighted by Gasteiger charge is -1.95. The summed E-state index contributed by atoms with van der Waals surface area (Å²) in [6, 6.07) is 7.28. The molecule has 1 aromatic heterocycles. The number of hydrogen-bond donors (Lipinski definition) is 0. The minimum absolute atomic E-state index is 0.210.